The highest BCUT2D eigenvalue weighted by Crippen LogP contribution is 2.43. The van der Waals surface area contributed by atoms with Crippen LogP contribution in [0.25, 0.3) is 0 Å². The third-order valence-corrected chi connectivity index (χ3v) is 4.68. The van der Waals surface area contributed by atoms with E-state index >= 15 is 0 Å². The van der Waals surface area contributed by atoms with Crippen molar-refractivity contribution in [2.24, 2.45) is 10.4 Å². The average Bonchev–Trinajstić information content (AvgIpc) is 2.68. The lowest BCUT2D eigenvalue weighted by Crippen LogP contribution is -2.52. The molecular formula is C19H17N3O2. The molecular weight excluding hydrogens is 302 g/mol. The number of benzene rings is 2. The standard InChI is InChI=1S/C19H17N3O2/c1-19(2)17(23)20-16-12-8-4-5-9-13(12)21(3)14-10-6-7-11-15(14)22(16)18(19)24/h4-11H,1-3H3. The summed E-state index contributed by atoms with van der Waals surface area (Å²) in [5, 5.41) is 0. The minimum atomic E-state index is -1.17. The molecule has 24 heavy (non-hydrogen) atoms. The highest BCUT2D eigenvalue weighted by Gasteiger charge is 2.47. The van der Waals surface area contributed by atoms with E-state index in [0.717, 1.165) is 22.6 Å². The van der Waals surface area contributed by atoms with Crippen LogP contribution in [0.2, 0.25) is 0 Å². The number of carbonyl (C=O) groups is 2. The van der Waals surface area contributed by atoms with Gasteiger partial charge in [-0.1, -0.05) is 24.3 Å². The zero-order valence-corrected chi connectivity index (χ0v) is 13.8. The van der Waals surface area contributed by atoms with E-state index in [9.17, 15) is 9.59 Å². The number of amidine groups is 1. The van der Waals surface area contributed by atoms with Crippen molar-refractivity contribution in [3.63, 3.8) is 0 Å². The molecule has 2 heterocycles. The van der Waals surface area contributed by atoms with Gasteiger partial charge in [-0.05, 0) is 38.1 Å². The molecule has 0 atom stereocenters. The smallest absolute Gasteiger partial charge is 0.262 e. The maximum Gasteiger partial charge on any atom is 0.262 e. The highest BCUT2D eigenvalue weighted by molar-refractivity contribution is 6.36. The number of para-hydroxylation sites is 3. The summed E-state index contributed by atoms with van der Waals surface area (Å²) in [7, 11) is 1.95. The molecule has 0 saturated heterocycles. The molecule has 2 amide bonds. The molecule has 0 fully saturated rings. The van der Waals surface area contributed by atoms with Gasteiger partial charge in [-0.3, -0.25) is 14.5 Å². The van der Waals surface area contributed by atoms with Crippen LogP contribution < -0.4 is 9.80 Å². The maximum atomic E-state index is 13.1. The molecule has 5 heteroatoms. The first-order valence-corrected chi connectivity index (χ1v) is 7.83. The molecule has 2 aromatic carbocycles. The van der Waals surface area contributed by atoms with Gasteiger partial charge in [0.25, 0.3) is 5.91 Å². The lowest BCUT2D eigenvalue weighted by atomic mass is 9.88. The van der Waals surface area contributed by atoms with Crippen LogP contribution in [0.5, 0.6) is 0 Å². The van der Waals surface area contributed by atoms with Gasteiger partial charge in [0.15, 0.2) is 5.84 Å². The first-order chi connectivity index (χ1) is 11.4. The molecule has 0 N–H and O–H groups in total. The molecule has 0 aromatic heterocycles. The monoisotopic (exact) mass is 319 g/mol. The van der Waals surface area contributed by atoms with Crippen molar-refractivity contribution >= 4 is 34.7 Å². The molecule has 0 bridgehead atoms. The summed E-state index contributed by atoms with van der Waals surface area (Å²) in [6, 6.07) is 15.3. The number of hydrogen-bond donors (Lipinski definition) is 0. The van der Waals surface area contributed by atoms with Crippen molar-refractivity contribution in [1.82, 2.24) is 0 Å². The zero-order chi connectivity index (χ0) is 17.1. The van der Waals surface area contributed by atoms with Crippen LogP contribution in [0.3, 0.4) is 0 Å². The van der Waals surface area contributed by atoms with Gasteiger partial charge >= 0.3 is 0 Å². The Hall–Kier alpha value is -2.95. The minimum Gasteiger partial charge on any atom is -0.342 e. The molecule has 120 valence electrons. The second kappa shape index (κ2) is 4.77. The van der Waals surface area contributed by atoms with Crippen LogP contribution in [0.15, 0.2) is 53.5 Å². The third-order valence-electron chi connectivity index (χ3n) is 4.68. The van der Waals surface area contributed by atoms with Gasteiger partial charge in [-0.25, -0.2) is 0 Å². The van der Waals surface area contributed by atoms with E-state index in [2.05, 4.69) is 4.99 Å². The fourth-order valence-electron chi connectivity index (χ4n) is 3.18. The van der Waals surface area contributed by atoms with Gasteiger partial charge < -0.3 is 4.90 Å². The van der Waals surface area contributed by atoms with E-state index in [1.807, 2.05) is 60.5 Å². The molecule has 0 radical (unpaired) electrons. The molecule has 2 aromatic rings. The number of nitrogens with zero attached hydrogens (tertiary/aromatic N) is 3. The van der Waals surface area contributed by atoms with Crippen LogP contribution >= 0.6 is 0 Å². The van der Waals surface area contributed by atoms with Crippen molar-refractivity contribution in [1.29, 1.82) is 0 Å². The lowest BCUT2D eigenvalue weighted by molar-refractivity contribution is -0.137. The number of amides is 2. The molecule has 2 aliphatic heterocycles. The Balaban J connectivity index is 2.11. The van der Waals surface area contributed by atoms with E-state index in [1.165, 1.54) is 0 Å². The summed E-state index contributed by atoms with van der Waals surface area (Å²) in [4.78, 5) is 33.5. The van der Waals surface area contributed by atoms with E-state index in [-0.39, 0.29) is 5.91 Å². The largest absolute Gasteiger partial charge is 0.342 e. The third kappa shape index (κ3) is 1.78. The van der Waals surface area contributed by atoms with Crippen molar-refractivity contribution in [2.75, 3.05) is 16.8 Å². The van der Waals surface area contributed by atoms with Crippen LogP contribution in [-0.4, -0.2) is 24.7 Å². The summed E-state index contributed by atoms with van der Waals surface area (Å²) in [5.41, 5.74) is 2.14. The SMILES string of the molecule is CN1c2ccccc2C2=NC(=O)C(C)(C)C(=O)N2c2ccccc21. The van der Waals surface area contributed by atoms with Gasteiger partial charge in [0.1, 0.15) is 5.41 Å². The molecule has 0 spiro atoms. The summed E-state index contributed by atoms with van der Waals surface area (Å²) < 4.78 is 0. The molecule has 0 unspecified atom stereocenters. The highest BCUT2D eigenvalue weighted by atomic mass is 16.2. The lowest BCUT2D eigenvalue weighted by Gasteiger charge is -2.34. The first-order valence-electron chi connectivity index (χ1n) is 7.83. The van der Waals surface area contributed by atoms with Crippen molar-refractivity contribution in [3.05, 3.63) is 54.1 Å². The summed E-state index contributed by atoms with van der Waals surface area (Å²) >= 11 is 0. The fourth-order valence-corrected chi connectivity index (χ4v) is 3.18. The maximum absolute atomic E-state index is 13.1. The summed E-state index contributed by atoms with van der Waals surface area (Å²) in [6.07, 6.45) is 0. The van der Waals surface area contributed by atoms with E-state index in [0.29, 0.717) is 5.84 Å². The number of hydrogen-bond acceptors (Lipinski definition) is 3. The topological polar surface area (TPSA) is 53.0 Å². The van der Waals surface area contributed by atoms with Crippen molar-refractivity contribution in [3.8, 4) is 0 Å². The Morgan fingerprint density at radius 2 is 1.46 bits per heavy atom. The Kier molecular flexibility index (Phi) is 2.91. The van der Waals surface area contributed by atoms with Crippen LogP contribution in [0, 0.1) is 5.41 Å². The summed E-state index contributed by atoms with van der Waals surface area (Å²) in [6.45, 7) is 3.25. The van der Waals surface area contributed by atoms with E-state index in [1.54, 1.807) is 18.7 Å². The normalized spacial score (nSPS) is 18.4. The van der Waals surface area contributed by atoms with Crippen molar-refractivity contribution < 1.29 is 9.59 Å². The van der Waals surface area contributed by atoms with Gasteiger partial charge in [-0.15, -0.1) is 0 Å². The molecule has 0 aliphatic carbocycles. The predicted octanol–water partition coefficient (Wildman–Crippen LogP) is 3.11. The molecule has 0 saturated carbocycles. The molecule has 2 aliphatic rings. The number of carbonyl (C=O) groups excluding carboxylic acids is 2. The number of rotatable bonds is 0. The van der Waals surface area contributed by atoms with Gasteiger partial charge in [0.2, 0.25) is 5.91 Å². The predicted molar refractivity (Wildman–Crippen MR) is 93.8 cm³/mol. The van der Waals surface area contributed by atoms with Gasteiger partial charge in [-0.2, -0.15) is 4.99 Å². The quantitative estimate of drug-likeness (QED) is 0.701. The van der Waals surface area contributed by atoms with E-state index in [4.69, 9.17) is 0 Å². The van der Waals surface area contributed by atoms with Crippen LogP contribution in [0.1, 0.15) is 19.4 Å². The summed E-state index contributed by atoms with van der Waals surface area (Å²) in [5.74, 6) is -0.262. The van der Waals surface area contributed by atoms with Crippen LogP contribution in [0.4, 0.5) is 17.1 Å². The van der Waals surface area contributed by atoms with Crippen LogP contribution in [-0.2, 0) is 9.59 Å². The molecule has 4 rings (SSSR count). The minimum absolute atomic E-state index is 0.255. The second-order valence-electron chi connectivity index (χ2n) is 6.57. The number of aliphatic imine (C=N–C) groups is 1. The Morgan fingerprint density at radius 3 is 2.17 bits per heavy atom. The number of anilines is 3. The number of fused-ring (bicyclic) bond motifs is 5. The van der Waals surface area contributed by atoms with Crippen molar-refractivity contribution in [2.45, 2.75) is 13.8 Å². The Labute approximate surface area is 140 Å². The second-order valence-corrected chi connectivity index (χ2v) is 6.57. The van der Waals surface area contributed by atoms with E-state index < -0.39 is 11.3 Å². The van der Waals surface area contributed by atoms with Gasteiger partial charge in [0.05, 0.1) is 17.1 Å². The fraction of sp³-hybridized carbons (Fsp3) is 0.211. The Morgan fingerprint density at radius 1 is 0.875 bits per heavy atom. The van der Waals surface area contributed by atoms with Gasteiger partial charge in [0, 0.05) is 12.6 Å². The average molecular weight is 319 g/mol. The first kappa shape index (κ1) is 14.6. The Bertz CT molecular complexity index is 914. The zero-order valence-electron chi connectivity index (χ0n) is 13.8. The molecule has 5 nitrogen and oxygen atoms in total.